The van der Waals surface area contributed by atoms with Crippen molar-refractivity contribution in [2.45, 2.75) is 0 Å². The van der Waals surface area contributed by atoms with Crippen LogP contribution in [-0.4, -0.2) is 17.2 Å². The van der Waals surface area contributed by atoms with Crippen molar-refractivity contribution in [2.24, 2.45) is 5.73 Å². The molecule has 3 rings (SSSR count). The maximum absolute atomic E-state index is 11.6. The number of aromatic amines is 1. The SMILES string of the molecule is NC(=O)c1c(Br)ccc2c1[nH]c1cc(C=O)ccc12. The molecule has 0 unspecified atom stereocenters. The fraction of sp³-hybridized carbons (Fsp3) is 0. The number of rotatable bonds is 2. The van der Waals surface area contributed by atoms with Gasteiger partial charge in [-0.15, -0.1) is 0 Å². The van der Waals surface area contributed by atoms with E-state index in [-0.39, 0.29) is 0 Å². The molecule has 0 bridgehead atoms. The summed E-state index contributed by atoms with van der Waals surface area (Å²) in [6.07, 6.45) is 0.788. The van der Waals surface area contributed by atoms with Crippen LogP contribution in [0.4, 0.5) is 0 Å². The lowest BCUT2D eigenvalue weighted by atomic mass is 10.1. The highest BCUT2D eigenvalue weighted by atomic mass is 79.9. The van der Waals surface area contributed by atoms with Crippen LogP contribution in [0.3, 0.4) is 0 Å². The zero-order valence-corrected chi connectivity index (χ0v) is 11.3. The Balaban J connectivity index is 2.48. The summed E-state index contributed by atoms with van der Waals surface area (Å²) in [5.41, 5.74) is 7.90. The predicted molar refractivity (Wildman–Crippen MR) is 77.4 cm³/mol. The Morgan fingerprint density at radius 2 is 1.95 bits per heavy atom. The molecule has 1 aromatic heterocycles. The van der Waals surface area contributed by atoms with Gasteiger partial charge in [-0.05, 0) is 28.1 Å². The molecule has 0 radical (unpaired) electrons. The van der Waals surface area contributed by atoms with E-state index < -0.39 is 5.91 Å². The molecular weight excluding hydrogens is 308 g/mol. The summed E-state index contributed by atoms with van der Waals surface area (Å²) in [5, 5.41) is 1.86. The van der Waals surface area contributed by atoms with Crippen molar-refractivity contribution in [3.63, 3.8) is 0 Å². The van der Waals surface area contributed by atoms with Crippen molar-refractivity contribution in [3.8, 4) is 0 Å². The molecule has 94 valence electrons. The number of H-pyrrole nitrogens is 1. The average Bonchev–Trinajstić information content (AvgIpc) is 2.74. The van der Waals surface area contributed by atoms with E-state index in [0.29, 0.717) is 21.1 Å². The number of aldehydes is 1. The lowest BCUT2D eigenvalue weighted by Gasteiger charge is -2.01. The van der Waals surface area contributed by atoms with Crippen molar-refractivity contribution in [2.75, 3.05) is 0 Å². The van der Waals surface area contributed by atoms with Gasteiger partial charge in [-0.25, -0.2) is 0 Å². The number of carbonyl (C=O) groups excluding carboxylic acids is 2. The first kappa shape index (κ1) is 11.9. The molecule has 0 aliphatic carbocycles. The van der Waals surface area contributed by atoms with E-state index in [1.165, 1.54) is 0 Å². The Morgan fingerprint density at radius 3 is 2.63 bits per heavy atom. The lowest BCUT2D eigenvalue weighted by Crippen LogP contribution is -2.12. The Hall–Kier alpha value is -2.14. The van der Waals surface area contributed by atoms with E-state index >= 15 is 0 Å². The summed E-state index contributed by atoms with van der Waals surface area (Å²) in [6, 6.07) is 9.06. The number of halogens is 1. The topological polar surface area (TPSA) is 76.0 Å². The third kappa shape index (κ3) is 1.74. The fourth-order valence-electron chi connectivity index (χ4n) is 2.28. The highest BCUT2D eigenvalue weighted by Crippen LogP contribution is 2.31. The van der Waals surface area contributed by atoms with Gasteiger partial charge < -0.3 is 10.7 Å². The maximum Gasteiger partial charge on any atom is 0.251 e. The van der Waals surface area contributed by atoms with Crippen LogP contribution in [0, 0.1) is 0 Å². The molecule has 1 heterocycles. The van der Waals surface area contributed by atoms with Crippen molar-refractivity contribution in [1.29, 1.82) is 0 Å². The molecule has 4 nitrogen and oxygen atoms in total. The Bertz CT molecular complexity index is 836. The number of aromatic nitrogens is 1. The van der Waals surface area contributed by atoms with E-state index in [1.54, 1.807) is 18.2 Å². The van der Waals surface area contributed by atoms with E-state index in [9.17, 15) is 9.59 Å². The molecule has 0 spiro atoms. The second-order valence-corrected chi connectivity index (χ2v) is 5.11. The maximum atomic E-state index is 11.6. The Labute approximate surface area is 116 Å². The minimum Gasteiger partial charge on any atom is -0.365 e. The first-order valence-electron chi connectivity index (χ1n) is 5.60. The van der Waals surface area contributed by atoms with Gasteiger partial charge in [-0.3, -0.25) is 9.59 Å². The van der Waals surface area contributed by atoms with Gasteiger partial charge in [0.05, 0.1) is 11.1 Å². The summed E-state index contributed by atoms with van der Waals surface area (Å²) in [4.78, 5) is 25.5. The summed E-state index contributed by atoms with van der Waals surface area (Å²) >= 11 is 3.33. The van der Waals surface area contributed by atoms with Gasteiger partial charge in [0.1, 0.15) is 6.29 Å². The molecule has 0 aliphatic heterocycles. The summed E-state index contributed by atoms with van der Waals surface area (Å²) in [7, 11) is 0. The number of hydrogen-bond acceptors (Lipinski definition) is 2. The predicted octanol–water partition coefficient (Wildman–Crippen LogP) is 3.00. The normalized spacial score (nSPS) is 11.0. The Kier molecular flexibility index (Phi) is 2.64. The van der Waals surface area contributed by atoms with Crippen LogP contribution >= 0.6 is 15.9 Å². The standard InChI is InChI=1S/C14H9BrN2O2/c15-10-4-3-9-8-2-1-7(6-18)5-11(8)17-13(9)12(10)14(16)19/h1-6,17H,(H2,16,19). The van der Waals surface area contributed by atoms with Gasteiger partial charge in [0, 0.05) is 26.3 Å². The minimum atomic E-state index is -0.500. The lowest BCUT2D eigenvalue weighted by molar-refractivity contribution is 0.100. The molecule has 0 fully saturated rings. The van der Waals surface area contributed by atoms with Crippen molar-refractivity contribution < 1.29 is 9.59 Å². The molecular formula is C14H9BrN2O2. The second kappa shape index (κ2) is 4.20. The molecule has 19 heavy (non-hydrogen) atoms. The van der Waals surface area contributed by atoms with Crippen LogP contribution in [-0.2, 0) is 0 Å². The van der Waals surface area contributed by atoms with Crippen molar-refractivity contribution in [3.05, 3.63) is 45.9 Å². The van der Waals surface area contributed by atoms with E-state index in [1.807, 2.05) is 12.1 Å². The first-order valence-corrected chi connectivity index (χ1v) is 6.40. The summed E-state index contributed by atoms with van der Waals surface area (Å²) in [6.45, 7) is 0. The summed E-state index contributed by atoms with van der Waals surface area (Å²) in [5.74, 6) is -0.500. The molecule has 0 saturated carbocycles. The van der Waals surface area contributed by atoms with Crippen LogP contribution in [0.2, 0.25) is 0 Å². The number of fused-ring (bicyclic) bond motifs is 3. The van der Waals surface area contributed by atoms with Gasteiger partial charge in [0.15, 0.2) is 0 Å². The first-order chi connectivity index (χ1) is 9.11. The zero-order chi connectivity index (χ0) is 13.6. The van der Waals surface area contributed by atoms with Crippen LogP contribution in [0.1, 0.15) is 20.7 Å². The van der Waals surface area contributed by atoms with Crippen LogP contribution in [0.5, 0.6) is 0 Å². The molecule has 2 aromatic carbocycles. The average molecular weight is 317 g/mol. The van der Waals surface area contributed by atoms with E-state index in [0.717, 1.165) is 22.6 Å². The van der Waals surface area contributed by atoms with Crippen molar-refractivity contribution >= 4 is 49.9 Å². The molecule has 0 saturated heterocycles. The Morgan fingerprint density at radius 1 is 1.21 bits per heavy atom. The number of primary amides is 1. The van der Waals surface area contributed by atoms with Crippen LogP contribution in [0.25, 0.3) is 21.8 Å². The van der Waals surface area contributed by atoms with Gasteiger partial charge in [-0.1, -0.05) is 18.2 Å². The number of nitrogens with two attached hydrogens (primary N) is 1. The number of amides is 1. The molecule has 3 N–H and O–H groups in total. The van der Waals surface area contributed by atoms with Gasteiger partial charge in [0.2, 0.25) is 0 Å². The monoisotopic (exact) mass is 316 g/mol. The number of benzene rings is 2. The highest BCUT2D eigenvalue weighted by Gasteiger charge is 2.15. The number of hydrogen-bond donors (Lipinski definition) is 2. The number of carbonyl (C=O) groups is 2. The van der Waals surface area contributed by atoms with Gasteiger partial charge in [-0.2, -0.15) is 0 Å². The molecule has 3 aromatic rings. The highest BCUT2D eigenvalue weighted by molar-refractivity contribution is 9.10. The molecule has 5 heteroatoms. The minimum absolute atomic E-state index is 0.418. The van der Waals surface area contributed by atoms with Crippen molar-refractivity contribution in [1.82, 2.24) is 4.98 Å². The van der Waals surface area contributed by atoms with Crippen LogP contribution in [0.15, 0.2) is 34.8 Å². The number of nitrogens with one attached hydrogen (secondary N) is 1. The van der Waals surface area contributed by atoms with Gasteiger partial charge >= 0.3 is 0 Å². The van der Waals surface area contributed by atoms with E-state index in [4.69, 9.17) is 5.73 Å². The third-order valence-electron chi connectivity index (χ3n) is 3.13. The quantitative estimate of drug-likeness (QED) is 0.713. The fourth-order valence-corrected chi connectivity index (χ4v) is 2.81. The largest absolute Gasteiger partial charge is 0.365 e. The smallest absolute Gasteiger partial charge is 0.251 e. The molecule has 1 amide bonds. The zero-order valence-electron chi connectivity index (χ0n) is 9.74. The summed E-state index contributed by atoms with van der Waals surface area (Å²) < 4.78 is 0.648. The van der Waals surface area contributed by atoms with E-state index in [2.05, 4.69) is 20.9 Å². The van der Waals surface area contributed by atoms with Crippen LogP contribution < -0.4 is 5.73 Å². The molecule has 0 atom stereocenters. The second-order valence-electron chi connectivity index (χ2n) is 4.26. The molecule has 0 aliphatic rings. The van der Waals surface area contributed by atoms with Gasteiger partial charge in [0.25, 0.3) is 5.91 Å². The third-order valence-corrected chi connectivity index (χ3v) is 3.79.